The van der Waals surface area contributed by atoms with E-state index in [1.54, 1.807) is 11.3 Å². The van der Waals surface area contributed by atoms with Crippen molar-refractivity contribution in [2.75, 3.05) is 33.4 Å². The molecular formula is C13H20N2O3S. The standard InChI is InChI=1S/C13H20N2O3S/c1-18-13(17)14-11-7-10(12-3-2-6-19-12)8-15(9-11)4-5-16/h2-3,6,10-11,16H,4-5,7-9H2,1H3,(H,14,17). The normalized spacial score (nSPS) is 24.1. The molecule has 0 bridgehead atoms. The lowest BCUT2D eigenvalue weighted by Gasteiger charge is -2.37. The van der Waals surface area contributed by atoms with Gasteiger partial charge in [0.05, 0.1) is 13.7 Å². The molecule has 0 spiro atoms. The molecule has 1 amide bonds. The number of ether oxygens (including phenoxy) is 1. The van der Waals surface area contributed by atoms with Crippen molar-refractivity contribution >= 4 is 17.4 Å². The number of aliphatic hydroxyl groups excluding tert-OH is 1. The summed E-state index contributed by atoms with van der Waals surface area (Å²) in [6.07, 6.45) is 0.526. The molecule has 1 aromatic rings. The Labute approximate surface area is 117 Å². The van der Waals surface area contributed by atoms with Crippen molar-refractivity contribution < 1.29 is 14.6 Å². The van der Waals surface area contributed by atoms with Gasteiger partial charge in [-0.1, -0.05) is 6.07 Å². The quantitative estimate of drug-likeness (QED) is 0.873. The Balaban J connectivity index is 2.02. The molecule has 1 saturated heterocycles. The minimum Gasteiger partial charge on any atom is -0.453 e. The van der Waals surface area contributed by atoms with Gasteiger partial charge in [0.15, 0.2) is 0 Å². The zero-order valence-electron chi connectivity index (χ0n) is 11.0. The molecule has 6 heteroatoms. The van der Waals surface area contributed by atoms with E-state index in [1.807, 2.05) is 6.07 Å². The largest absolute Gasteiger partial charge is 0.453 e. The fourth-order valence-electron chi connectivity index (χ4n) is 2.57. The van der Waals surface area contributed by atoms with Crippen LogP contribution in [-0.2, 0) is 4.74 Å². The second-order valence-electron chi connectivity index (χ2n) is 4.76. The lowest BCUT2D eigenvalue weighted by molar-refractivity contribution is 0.126. The number of piperidine rings is 1. The summed E-state index contributed by atoms with van der Waals surface area (Å²) in [5, 5.41) is 14.0. The summed E-state index contributed by atoms with van der Waals surface area (Å²) in [6.45, 7) is 2.47. The number of rotatable bonds is 4. The Kier molecular flexibility index (Phi) is 5.18. The highest BCUT2D eigenvalue weighted by Gasteiger charge is 2.29. The van der Waals surface area contributed by atoms with Crippen LogP contribution in [0.3, 0.4) is 0 Å². The average Bonchev–Trinajstić information content (AvgIpc) is 2.92. The van der Waals surface area contributed by atoms with E-state index >= 15 is 0 Å². The molecule has 0 saturated carbocycles. The number of carbonyl (C=O) groups excluding carboxylic acids is 1. The maximum atomic E-state index is 11.3. The van der Waals surface area contributed by atoms with Crippen molar-refractivity contribution in [3.05, 3.63) is 22.4 Å². The first-order valence-corrected chi connectivity index (χ1v) is 7.32. The van der Waals surface area contributed by atoms with Crippen LogP contribution in [0.4, 0.5) is 4.79 Å². The van der Waals surface area contributed by atoms with E-state index in [4.69, 9.17) is 5.11 Å². The van der Waals surface area contributed by atoms with Crippen LogP contribution < -0.4 is 5.32 Å². The summed E-state index contributed by atoms with van der Waals surface area (Å²) in [4.78, 5) is 14.9. The third-order valence-electron chi connectivity index (χ3n) is 3.40. The number of amides is 1. The van der Waals surface area contributed by atoms with Gasteiger partial charge in [0, 0.05) is 36.5 Å². The number of likely N-dealkylation sites (tertiary alicyclic amines) is 1. The maximum absolute atomic E-state index is 11.3. The lowest BCUT2D eigenvalue weighted by Crippen LogP contribution is -2.50. The molecule has 0 aromatic carbocycles. The summed E-state index contributed by atoms with van der Waals surface area (Å²) >= 11 is 1.74. The van der Waals surface area contributed by atoms with Crippen LogP contribution in [0.5, 0.6) is 0 Å². The Morgan fingerprint density at radius 3 is 3.11 bits per heavy atom. The van der Waals surface area contributed by atoms with E-state index in [9.17, 15) is 4.79 Å². The van der Waals surface area contributed by atoms with Gasteiger partial charge in [-0.05, 0) is 17.9 Å². The van der Waals surface area contributed by atoms with Crippen LogP contribution >= 0.6 is 11.3 Å². The molecule has 1 aromatic heterocycles. The van der Waals surface area contributed by atoms with Gasteiger partial charge < -0.3 is 15.2 Å². The average molecular weight is 284 g/mol. The summed E-state index contributed by atoms with van der Waals surface area (Å²) in [5.74, 6) is 0.405. The number of hydrogen-bond acceptors (Lipinski definition) is 5. The number of alkyl carbamates (subject to hydrolysis) is 1. The number of nitrogens with one attached hydrogen (secondary N) is 1. The second-order valence-corrected chi connectivity index (χ2v) is 5.74. The number of β-amino-alcohol motifs (C(OH)–C–C–N with tert-alkyl or cyclic N) is 1. The molecule has 2 unspecified atom stereocenters. The minimum absolute atomic E-state index is 0.0693. The summed E-state index contributed by atoms with van der Waals surface area (Å²) in [6, 6.07) is 4.25. The van der Waals surface area contributed by atoms with Crippen LogP contribution in [0.25, 0.3) is 0 Å². The molecule has 2 atom stereocenters. The van der Waals surface area contributed by atoms with Gasteiger partial charge in [0.2, 0.25) is 0 Å². The van der Waals surface area contributed by atoms with Crippen molar-refractivity contribution in [3.8, 4) is 0 Å². The van der Waals surface area contributed by atoms with Crippen molar-refractivity contribution in [2.45, 2.75) is 18.4 Å². The molecule has 1 fully saturated rings. The molecule has 0 aliphatic carbocycles. The molecule has 0 radical (unpaired) electrons. The van der Waals surface area contributed by atoms with Crippen molar-refractivity contribution in [3.63, 3.8) is 0 Å². The van der Waals surface area contributed by atoms with Crippen LogP contribution in [0.1, 0.15) is 17.2 Å². The molecule has 5 nitrogen and oxygen atoms in total. The van der Waals surface area contributed by atoms with Crippen molar-refractivity contribution in [1.82, 2.24) is 10.2 Å². The van der Waals surface area contributed by atoms with Crippen LogP contribution in [0.15, 0.2) is 17.5 Å². The number of hydrogen-bond donors (Lipinski definition) is 2. The van der Waals surface area contributed by atoms with E-state index in [0.717, 1.165) is 19.5 Å². The van der Waals surface area contributed by atoms with Gasteiger partial charge in [-0.25, -0.2) is 4.79 Å². The van der Waals surface area contributed by atoms with E-state index < -0.39 is 0 Å². The molecule has 106 valence electrons. The lowest BCUT2D eigenvalue weighted by atomic mass is 9.93. The summed E-state index contributed by atoms with van der Waals surface area (Å²) in [5.41, 5.74) is 0. The van der Waals surface area contributed by atoms with Gasteiger partial charge in [0.1, 0.15) is 0 Å². The highest BCUT2D eigenvalue weighted by molar-refractivity contribution is 7.10. The maximum Gasteiger partial charge on any atom is 0.407 e. The molecule has 1 aliphatic heterocycles. The summed E-state index contributed by atoms with van der Waals surface area (Å²) < 4.78 is 4.66. The Morgan fingerprint density at radius 1 is 1.63 bits per heavy atom. The third-order valence-corrected chi connectivity index (χ3v) is 4.43. The molecule has 1 aliphatic rings. The van der Waals surface area contributed by atoms with Crippen LogP contribution in [0, 0.1) is 0 Å². The Bertz CT molecular complexity index is 397. The van der Waals surface area contributed by atoms with Gasteiger partial charge in [0.25, 0.3) is 0 Å². The van der Waals surface area contributed by atoms with Crippen molar-refractivity contribution in [2.24, 2.45) is 0 Å². The molecule has 2 N–H and O–H groups in total. The first-order chi connectivity index (χ1) is 9.22. The monoisotopic (exact) mass is 284 g/mol. The first kappa shape index (κ1) is 14.3. The topological polar surface area (TPSA) is 61.8 Å². The Hall–Kier alpha value is -1.11. The van der Waals surface area contributed by atoms with E-state index in [-0.39, 0.29) is 18.7 Å². The Morgan fingerprint density at radius 2 is 2.47 bits per heavy atom. The predicted octanol–water partition coefficient (Wildman–Crippen LogP) is 1.25. The zero-order valence-corrected chi connectivity index (χ0v) is 11.9. The van der Waals surface area contributed by atoms with Gasteiger partial charge in [-0.15, -0.1) is 11.3 Å². The minimum atomic E-state index is -0.388. The number of aliphatic hydroxyl groups is 1. The molecular weight excluding hydrogens is 264 g/mol. The van der Waals surface area contributed by atoms with Crippen LogP contribution in [-0.4, -0.2) is 55.5 Å². The number of methoxy groups -OCH3 is 1. The fraction of sp³-hybridized carbons (Fsp3) is 0.615. The van der Waals surface area contributed by atoms with E-state index in [0.29, 0.717) is 12.5 Å². The zero-order chi connectivity index (χ0) is 13.7. The van der Waals surface area contributed by atoms with Gasteiger partial charge in [-0.2, -0.15) is 0 Å². The number of nitrogens with zero attached hydrogens (tertiary/aromatic N) is 1. The third kappa shape index (κ3) is 3.92. The SMILES string of the molecule is COC(=O)NC1CC(c2cccs2)CN(CCO)C1. The van der Waals surface area contributed by atoms with Crippen LogP contribution in [0.2, 0.25) is 0 Å². The van der Waals surface area contributed by atoms with E-state index in [1.165, 1.54) is 12.0 Å². The molecule has 19 heavy (non-hydrogen) atoms. The van der Waals surface area contributed by atoms with E-state index in [2.05, 4.69) is 26.4 Å². The first-order valence-electron chi connectivity index (χ1n) is 6.44. The smallest absolute Gasteiger partial charge is 0.407 e. The molecule has 2 rings (SSSR count). The number of carbonyl (C=O) groups is 1. The summed E-state index contributed by atoms with van der Waals surface area (Å²) in [7, 11) is 1.38. The highest BCUT2D eigenvalue weighted by atomic mass is 32.1. The predicted molar refractivity (Wildman–Crippen MR) is 74.5 cm³/mol. The second kappa shape index (κ2) is 6.88. The van der Waals surface area contributed by atoms with Gasteiger partial charge >= 0.3 is 6.09 Å². The number of thiophene rings is 1. The van der Waals surface area contributed by atoms with Gasteiger partial charge in [-0.3, -0.25) is 4.90 Å². The van der Waals surface area contributed by atoms with Crippen molar-refractivity contribution in [1.29, 1.82) is 0 Å². The fourth-order valence-corrected chi connectivity index (χ4v) is 3.41. The highest BCUT2D eigenvalue weighted by Crippen LogP contribution is 2.30. The molecule has 2 heterocycles.